The molecule has 0 atom stereocenters. The maximum atomic E-state index is 5.79. The van der Waals surface area contributed by atoms with Crippen LogP contribution in [0.2, 0.25) is 5.15 Å². The van der Waals surface area contributed by atoms with Crippen LogP contribution in [0.3, 0.4) is 0 Å². The van der Waals surface area contributed by atoms with Crippen molar-refractivity contribution < 1.29 is 0 Å². The van der Waals surface area contributed by atoms with Gasteiger partial charge in [0.1, 0.15) is 0 Å². The van der Waals surface area contributed by atoms with E-state index in [0.29, 0.717) is 11.1 Å². The maximum Gasteiger partial charge on any atom is 0.165 e. The zero-order valence-corrected chi connectivity index (χ0v) is 9.98. The van der Waals surface area contributed by atoms with E-state index in [0.717, 1.165) is 36.1 Å². The largest absolute Gasteiger partial charge is 0.317 e. The molecule has 0 aromatic carbocycles. The van der Waals surface area contributed by atoms with Crippen molar-refractivity contribution in [1.29, 1.82) is 0 Å². The van der Waals surface area contributed by atoms with E-state index in [1.54, 1.807) is 0 Å². The monoisotopic (exact) mass is 275 g/mol. The van der Waals surface area contributed by atoms with Gasteiger partial charge in [0.05, 0.1) is 10.2 Å². The minimum absolute atomic E-state index is 0.433. The van der Waals surface area contributed by atoms with Crippen molar-refractivity contribution in [3.8, 4) is 0 Å². The molecule has 2 heterocycles. The van der Waals surface area contributed by atoms with Gasteiger partial charge in [0, 0.05) is 5.92 Å². The topological polar surface area (TPSA) is 37.8 Å². The first-order valence-electron chi connectivity index (χ1n) is 4.66. The first-order chi connectivity index (χ1) is 6.77. The highest BCUT2D eigenvalue weighted by Crippen LogP contribution is 2.27. The van der Waals surface area contributed by atoms with Gasteiger partial charge in [0.15, 0.2) is 5.15 Å². The normalized spacial score (nSPS) is 18.4. The highest BCUT2D eigenvalue weighted by atomic mass is 79.9. The van der Waals surface area contributed by atoms with Crippen LogP contribution in [0.1, 0.15) is 24.5 Å². The van der Waals surface area contributed by atoms with Crippen LogP contribution >= 0.6 is 27.5 Å². The summed E-state index contributed by atoms with van der Waals surface area (Å²) in [7, 11) is 0. The van der Waals surface area contributed by atoms with Gasteiger partial charge in [-0.2, -0.15) is 5.10 Å². The minimum Gasteiger partial charge on any atom is -0.317 e. The van der Waals surface area contributed by atoms with Crippen molar-refractivity contribution in [3.63, 3.8) is 0 Å². The number of aromatic nitrogens is 2. The molecule has 0 saturated carbocycles. The molecular weight excluding hydrogens is 265 g/mol. The number of nitrogens with zero attached hydrogens (tertiary/aromatic N) is 2. The second-order valence-electron chi connectivity index (χ2n) is 3.43. The smallest absolute Gasteiger partial charge is 0.165 e. The third-order valence-corrected chi connectivity index (χ3v) is 3.59. The number of halogens is 2. The molecule has 14 heavy (non-hydrogen) atoms. The Morgan fingerprint density at radius 1 is 1.36 bits per heavy atom. The lowest BCUT2D eigenvalue weighted by Crippen LogP contribution is -2.27. The zero-order chi connectivity index (χ0) is 9.97. The summed E-state index contributed by atoms with van der Waals surface area (Å²) in [6, 6.07) is 1.98. The summed E-state index contributed by atoms with van der Waals surface area (Å²) in [6.07, 6.45) is 2.26. The first kappa shape index (κ1) is 10.3. The summed E-state index contributed by atoms with van der Waals surface area (Å²) < 4.78 is 0.836. The van der Waals surface area contributed by atoms with Gasteiger partial charge in [0.25, 0.3) is 0 Å². The third-order valence-electron chi connectivity index (χ3n) is 2.48. The van der Waals surface area contributed by atoms with E-state index in [9.17, 15) is 0 Å². The SMILES string of the molecule is Clc1nnc(C2CCNCC2)cc1Br. The number of hydrogen-bond acceptors (Lipinski definition) is 3. The van der Waals surface area contributed by atoms with E-state index in [1.807, 2.05) is 6.07 Å². The molecule has 3 nitrogen and oxygen atoms in total. The average molecular weight is 277 g/mol. The molecular formula is C9H11BrClN3. The van der Waals surface area contributed by atoms with Crippen LogP contribution in [-0.2, 0) is 0 Å². The van der Waals surface area contributed by atoms with Gasteiger partial charge in [-0.1, -0.05) is 11.6 Å². The lowest BCUT2D eigenvalue weighted by Gasteiger charge is -2.21. The molecule has 76 valence electrons. The second-order valence-corrected chi connectivity index (χ2v) is 4.64. The van der Waals surface area contributed by atoms with Crippen molar-refractivity contribution in [2.24, 2.45) is 0 Å². The predicted octanol–water partition coefficient (Wildman–Crippen LogP) is 2.36. The summed E-state index contributed by atoms with van der Waals surface area (Å²) in [5.41, 5.74) is 1.04. The van der Waals surface area contributed by atoms with E-state index < -0.39 is 0 Å². The molecule has 0 bridgehead atoms. The molecule has 0 radical (unpaired) electrons. The highest BCUT2D eigenvalue weighted by molar-refractivity contribution is 9.10. The summed E-state index contributed by atoms with van der Waals surface area (Å²) in [5.74, 6) is 0.525. The number of piperidine rings is 1. The molecule has 1 fully saturated rings. The van der Waals surface area contributed by atoms with E-state index in [4.69, 9.17) is 11.6 Å². The molecule has 1 aromatic rings. The Morgan fingerprint density at radius 3 is 2.71 bits per heavy atom. The van der Waals surface area contributed by atoms with E-state index in [1.165, 1.54) is 0 Å². The summed E-state index contributed by atoms with van der Waals surface area (Å²) in [5, 5.41) is 11.8. The molecule has 1 N–H and O–H groups in total. The molecule has 5 heteroatoms. The molecule has 1 aliphatic rings. The summed E-state index contributed by atoms with van der Waals surface area (Å²) >= 11 is 9.15. The van der Waals surface area contributed by atoms with Gasteiger partial charge < -0.3 is 5.32 Å². The maximum absolute atomic E-state index is 5.79. The standard InChI is InChI=1S/C9H11BrClN3/c10-7-5-8(13-14-9(7)11)6-1-3-12-4-2-6/h5-6,12H,1-4H2. The summed E-state index contributed by atoms with van der Waals surface area (Å²) in [6.45, 7) is 2.12. The Balaban J connectivity index is 2.18. The molecule has 2 rings (SSSR count). The molecule has 0 unspecified atom stereocenters. The van der Waals surface area contributed by atoms with Crippen LogP contribution in [0.25, 0.3) is 0 Å². The van der Waals surface area contributed by atoms with E-state index >= 15 is 0 Å². The van der Waals surface area contributed by atoms with Crippen LogP contribution in [-0.4, -0.2) is 23.3 Å². The third kappa shape index (κ3) is 2.24. The van der Waals surface area contributed by atoms with Crippen molar-refractivity contribution in [2.75, 3.05) is 13.1 Å². The molecule has 1 aromatic heterocycles. The highest BCUT2D eigenvalue weighted by Gasteiger charge is 2.17. The van der Waals surface area contributed by atoms with Crippen molar-refractivity contribution in [3.05, 3.63) is 21.4 Å². The van der Waals surface area contributed by atoms with Crippen LogP contribution in [0.4, 0.5) is 0 Å². The summed E-state index contributed by atoms with van der Waals surface area (Å²) in [4.78, 5) is 0. The molecule has 1 aliphatic heterocycles. The van der Waals surface area contributed by atoms with Crippen LogP contribution in [0.5, 0.6) is 0 Å². The quantitative estimate of drug-likeness (QED) is 0.856. The Bertz CT molecular complexity index is 326. The Morgan fingerprint density at radius 2 is 2.07 bits per heavy atom. The Hall–Kier alpha value is -0.190. The fraction of sp³-hybridized carbons (Fsp3) is 0.556. The van der Waals surface area contributed by atoms with Crippen molar-refractivity contribution in [2.45, 2.75) is 18.8 Å². The Labute approximate surface area is 96.4 Å². The van der Waals surface area contributed by atoms with E-state index in [-0.39, 0.29) is 0 Å². The number of nitrogens with one attached hydrogen (secondary N) is 1. The molecule has 0 aliphatic carbocycles. The van der Waals surface area contributed by atoms with Crippen LogP contribution in [0, 0.1) is 0 Å². The average Bonchev–Trinajstić information content (AvgIpc) is 2.23. The fourth-order valence-corrected chi connectivity index (χ4v) is 2.09. The number of hydrogen-bond donors (Lipinski definition) is 1. The van der Waals surface area contributed by atoms with E-state index in [2.05, 4.69) is 31.4 Å². The molecule has 1 saturated heterocycles. The van der Waals surface area contributed by atoms with Crippen LogP contribution in [0.15, 0.2) is 10.5 Å². The lowest BCUT2D eigenvalue weighted by molar-refractivity contribution is 0.450. The van der Waals surface area contributed by atoms with Gasteiger partial charge >= 0.3 is 0 Å². The first-order valence-corrected chi connectivity index (χ1v) is 5.84. The van der Waals surface area contributed by atoms with Gasteiger partial charge in [0.2, 0.25) is 0 Å². The fourth-order valence-electron chi connectivity index (χ4n) is 1.68. The predicted molar refractivity (Wildman–Crippen MR) is 59.6 cm³/mol. The van der Waals surface area contributed by atoms with Gasteiger partial charge in [-0.25, -0.2) is 0 Å². The van der Waals surface area contributed by atoms with Gasteiger partial charge in [-0.05, 0) is 47.9 Å². The van der Waals surface area contributed by atoms with Crippen molar-refractivity contribution in [1.82, 2.24) is 15.5 Å². The minimum atomic E-state index is 0.433. The molecule has 0 spiro atoms. The van der Waals surface area contributed by atoms with Gasteiger partial charge in [-0.15, -0.1) is 5.10 Å². The lowest BCUT2D eigenvalue weighted by atomic mass is 9.94. The number of rotatable bonds is 1. The molecule has 0 amide bonds. The second kappa shape index (κ2) is 4.55. The van der Waals surface area contributed by atoms with Gasteiger partial charge in [-0.3, -0.25) is 0 Å². The zero-order valence-electron chi connectivity index (χ0n) is 7.63. The van der Waals surface area contributed by atoms with Crippen molar-refractivity contribution >= 4 is 27.5 Å². The Kier molecular flexibility index (Phi) is 3.36. The van der Waals surface area contributed by atoms with Crippen LogP contribution < -0.4 is 5.32 Å².